The van der Waals surface area contributed by atoms with Gasteiger partial charge in [0.25, 0.3) is 21.9 Å². The van der Waals surface area contributed by atoms with Crippen LogP contribution in [0.25, 0.3) is 0 Å². The number of imide groups is 2. The monoisotopic (exact) mass is 409 g/mol. The third-order valence-corrected chi connectivity index (χ3v) is 6.08. The van der Waals surface area contributed by atoms with Crippen molar-refractivity contribution in [3.05, 3.63) is 29.3 Å². The lowest BCUT2D eigenvalue weighted by Crippen LogP contribution is -2.54. The van der Waals surface area contributed by atoms with E-state index in [0.29, 0.717) is 5.69 Å². The first-order chi connectivity index (χ1) is 13.1. The third kappa shape index (κ3) is 3.76. The van der Waals surface area contributed by atoms with Crippen LogP contribution < -0.4 is 10.6 Å². The topological polar surface area (TPSA) is 150 Å². The number of anilines is 1. The van der Waals surface area contributed by atoms with Gasteiger partial charge in [0.1, 0.15) is 6.04 Å². The highest BCUT2D eigenvalue weighted by molar-refractivity contribution is 7.86. The molecule has 3 N–H and O–H groups in total. The van der Waals surface area contributed by atoms with Crippen LogP contribution in [0.4, 0.5) is 5.69 Å². The van der Waals surface area contributed by atoms with E-state index in [0.717, 1.165) is 4.90 Å². The second-order valence-electron chi connectivity index (χ2n) is 6.75. The highest BCUT2D eigenvalue weighted by atomic mass is 32.2. The zero-order chi connectivity index (χ0) is 20.6. The zero-order valence-corrected chi connectivity index (χ0v) is 15.8. The summed E-state index contributed by atoms with van der Waals surface area (Å²) in [6.45, 7) is 1.60. The average Bonchev–Trinajstić information content (AvgIpc) is 2.85. The minimum Gasteiger partial charge on any atom is -0.385 e. The molecule has 0 bridgehead atoms. The molecule has 0 radical (unpaired) electrons. The van der Waals surface area contributed by atoms with E-state index in [4.69, 9.17) is 4.55 Å². The van der Waals surface area contributed by atoms with Crippen LogP contribution in [0.1, 0.15) is 46.9 Å². The van der Waals surface area contributed by atoms with Gasteiger partial charge in [0, 0.05) is 18.7 Å². The van der Waals surface area contributed by atoms with Gasteiger partial charge in [-0.3, -0.25) is 33.9 Å². The molecule has 2 aliphatic rings. The van der Waals surface area contributed by atoms with Gasteiger partial charge >= 0.3 is 0 Å². The van der Waals surface area contributed by atoms with Crippen LogP contribution >= 0.6 is 0 Å². The Hall–Kier alpha value is -2.79. The quantitative estimate of drug-likeness (QED) is 0.444. The number of rotatable bonds is 6. The SMILES string of the molecule is CC(CCNc1ccc2c(c1)C(=O)N(C1CCC(=O)NC1=O)C2=O)S(=O)(=O)O. The molecule has 1 aromatic carbocycles. The highest BCUT2D eigenvalue weighted by Crippen LogP contribution is 2.29. The van der Waals surface area contributed by atoms with E-state index in [9.17, 15) is 27.6 Å². The molecule has 10 nitrogen and oxygen atoms in total. The standard InChI is InChI=1S/C17H19N3O7S/c1-9(28(25,26)27)6-7-18-10-2-3-11-12(8-10)17(24)20(16(11)23)13-4-5-14(21)19-15(13)22/h2-3,8-9,13,18H,4-7H2,1H3,(H,19,21,22)(H,25,26,27). The Bertz CT molecular complexity index is 973. The van der Waals surface area contributed by atoms with Gasteiger partial charge in [0.2, 0.25) is 11.8 Å². The molecular formula is C17H19N3O7S. The number of hydrogen-bond acceptors (Lipinski definition) is 7. The van der Waals surface area contributed by atoms with Crippen molar-refractivity contribution in [3.8, 4) is 0 Å². The summed E-state index contributed by atoms with van der Waals surface area (Å²) in [5.74, 6) is -2.34. The molecule has 1 aromatic rings. The van der Waals surface area contributed by atoms with Crippen molar-refractivity contribution in [2.75, 3.05) is 11.9 Å². The maximum absolute atomic E-state index is 12.7. The van der Waals surface area contributed by atoms with E-state index in [1.807, 2.05) is 0 Å². The number of nitrogens with one attached hydrogen (secondary N) is 2. The van der Waals surface area contributed by atoms with E-state index in [2.05, 4.69) is 10.6 Å². The van der Waals surface area contributed by atoms with E-state index in [1.54, 1.807) is 6.07 Å². The number of piperidine rings is 1. The summed E-state index contributed by atoms with van der Waals surface area (Å²) >= 11 is 0. The van der Waals surface area contributed by atoms with Crippen LogP contribution in [0, 0.1) is 0 Å². The first kappa shape index (κ1) is 20.0. The Balaban J connectivity index is 1.73. The van der Waals surface area contributed by atoms with Crippen molar-refractivity contribution in [1.82, 2.24) is 10.2 Å². The van der Waals surface area contributed by atoms with Crippen LogP contribution in [0.15, 0.2) is 18.2 Å². The molecule has 0 aromatic heterocycles. The van der Waals surface area contributed by atoms with Crippen molar-refractivity contribution in [1.29, 1.82) is 0 Å². The summed E-state index contributed by atoms with van der Waals surface area (Å²) in [4.78, 5) is 49.5. The summed E-state index contributed by atoms with van der Waals surface area (Å²) in [7, 11) is -4.12. The average molecular weight is 409 g/mol. The van der Waals surface area contributed by atoms with Gasteiger partial charge in [0.05, 0.1) is 16.4 Å². The normalized spacial score (nSPS) is 20.8. The van der Waals surface area contributed by atoms with E-state index < -0.39 is 45.0 Å². The molecule has 0 aliphatic carbocycles. The van der Waals surface area contributed by atoms with Crippen LogP contribution in [-0.4, -0.2) is 59.3 Å². The lowest BCUT2D eigenvalue weighted by atomic mass is 10.0. The number of carbonyl (C=O) groups excluding carboxylic acids is 4. The van der Waals surface area contributed by atoms with Gasteiger partial charge in [-0.2, -0.15) is 8.42 Å². The Kier molecular flexibility index (Phi) is 5.22. The molecule has 2 atom stereocenters. The second kappa shape index (κ2) is 7.32. The molecule has 150 valence electrons. The maximum atomic E-state index is 12.7. The van der Waals surface area contributed by atoms with E-state index in [-0.39, 0.29) is 36.9 Å². The number of amides is 4. The molecule has 3 rings (SSSR count). The molecule has 1 saturated heterocycles. The fourth-order valence-electron chi connectivity index (χ4n) is 3.15. The minimum atomic E-state index is -4.12. The Morgan fingerprint density at radius 1 is 1.21 bits per heavy atom. The maximum Gasteiger partial charge on any atom is 0.267 e. The summed E-state index contributed by atoms with van der Waals surface area (Å²) in [5.41, 5.74) is 0.779. The van der Waals surface area contributed by atoms with Gasteiger partial charge in [0.15, 0.2) is 0 Å². The predicted octanol–water partition coefficient (Wildman–Crippen LogP) is 0.166. The molecule has 2 heterocycles. The lowest BCUT2D eigenvalue weighted by Gasteiger charge is -2.27. The Labute approximate surface area is 161 Å². The van der Waals surface area contributed by atoms with Crippen molar-refractivity contribution in [3.63, 3.8) is 0 Å². The van der Waals surface area contributed by atoms with Crippen LogP contribution in [0.3, 0.4) is 0 Å². The van der Waals surface area contributed by atoms with Crippen LogP contribution in [0.5, 0.6) is 0 Å². The number of benzene rings is 1. The fourth-order valence-corrected chi connectivity index (χ4v) is 3.57. The third-order valence-electron chi connectivity index (χ3n) is 4.83. The molecule has 2 unspecified atom stereocenters. The largest absolute Gasteiger partial charge is 0.385 e. The molecule has 28 heavy (non-hydrogen) atoms. The van der Waals surface area contributed by atoms with Gasteiger partial charge in [-0.05, 0) is 38.0 Å². The van der Waals surface area contributed by atoms with Crippen molar-refractivity contribution < 1.29 is 32.1 Å². The Morgan fingerprint density at radius 2 is 1.89 bits per heavy atom. The van der Waals surface area contributed by atoms with Crippen molar-refractivity contribution >= 4 is 39.4 Å². The lowest BCUT2D eigenvalue weighted by molar-refractivity contribution is -0.136. The van der Waals surface area contributed by atoms with Crippen LogP contribution in [-0.2, 0) is 19.7 Å². The smallest absolute Gasteiger partial charge is 0.267 e. The molecule has 2 aliphatic heterocycles. The van der Waals surface area contributed by atoms with Gasteiger partial charge in [-0.25, -0.2) is 0 Å². The summed E-state index contributed by atoms with van der Waals surface area (Å²) in [6.07, 6.45) is 0.266. The van der Waals surface area contributed by atoms with Gasteiger partial charge in [-0.15, -0.1) is 0 Å². The fraction of sp³-hybridized carbons (Fsp3) is 0.412. The van der Waals surface area contributed by atoms with E-state index >= 15 is 0 Å². The van der Waals surface area contributed by atoms with Crippen LogP contribution in [0.2, 0.25) is 0 Å². The summed E-state index contributed by atoms with van der Waals surface area (Å²) < 4.78 is 31.0. The molecule has 0 saturated carbocycles. The summed E-state index contributed by atoms with van der Waals surface area (Å²) in [5, 5.41) is 4.13. The van der Waals surface area contributed by atoms with Gasteiger partial charge in [-0.1, -0.05) is 0 Å². The highest BCUT2D eigenvalue weighted by Gasteiger charge is 2.44. The molecule has 11 heteroatoms. The molecule has 1 fully saturated rings. The van der Waals surface area contributed by atoms with Crippen molar-refractivity contribution in [2.24, 2.45) is 0 Å². The number of hydrogen-bond donors (Lipinski definition) is 3. The summed E-state index contributed by atoms with van der Waals surface area (Å²) in [6, 6.07) is 3.45. The first-order valence-corrected chi connectivity index (χ1v) is 10.2. The molecule has 4 amide bonds. The number of fused-ring (bicyclic) bond motifs is 1. The van der Waals surface area contributed by atoms with E-state index in [1.165, 1.54) is 19.1 Å². The zero-order valence-electron chi connectivity index (χ0n) is 15.0. The predicted molar refractivity (Wildman–Crippen MR) is 97.2 cm³/mol. The Morgan fingerprint density at radius 3 is 2.54 bits per heavy atom. The second-order valence-corrected chi connectivity index (χ2v) is 8.58. The number of nitrogens with zero attached hydrogens (tertiary/aromatic N) is 1. The minimum absolute atomic E-state index is 0.0442. The van der Waals surface area contributed by atoms with Gasteiger partial charge < -0.3 is 5.32 Å². The number of carbonyl (C=O) groups is 4. The molecule has 0 spiro atoms. The first-order valence-electron chi connectivity index (χ1n) is 8.65. The molecular weight excluding hydrogens is 390 g/mol. The van der Waals surface area contributed by atoms with Crippen molar-refractivity contribution in [2.45, 2.75) is 37.5 Å².